The third-order valence-corrected chi connectivity index (χ3v) is 5.65. The van der Waals surface area contributed by atoms with Gasteiger partial charge in [0.05, 0.1) is 13.1 Å². The van der Waals surface area contributed by atoms with Crippen LogP contribution in [0.2, 0.25) is 0 Å². The predicted octanol–water partition coefficient (Wildman–Crippen LogP) is 5.29. The monoisotopic (exact) mass is 388 g/mol. The Balaban J connectivity index is 1.58. The van der Waals surface area contributed by atoms with Crippen LogP contribution in [-0.2, 0) is 26.2 Å². The largest absolute Gasteiger partial charge is 0.243 e. The quantitative estimate of drug-likeness (QED) is 0.259. The van der Waals surface area contributed by atoms with E-state index in [1.54, 1.807) is 0 Å². The van der Waals surface area contributed by atoms with Gasteiger partial charge in [-0.2, -0.15) is 0 Å². The van der Waals surface area contributed by atoms with Crippen LogP contribution in [0.15, 0.2) is 37.4 Å². The summed E-state index contributed by atoms with van der Waals surface area (Å²) < 4.78 is 9.31. The zero-order valence-electron chi connectivity index (χ0n) is 18.6. The number of rotatable bonds is 17. The molecule has 4 nitrogen and oxygen atoms in total. The number of unbranched alkanes of at least 4 members (excludes halogenated alkanes) is 10. The summed E-state index contributed by atoms with van der Waals surface area (Å²) >= 11 is 0. The van der Waals surface area contributed by atoms with Crippen LogP contribution in [0.4, 0.5) is 0 Å². The molecule has 0 N–H and O–H groups in total. The van der Waals surface area contributed by atoms with E-state index in [-0.39, 0.29) is 0 Å². The van der Waals surface area contributed by atoms with Crippen LogP contribution >= 0.6 is 0 Å². The lowest BCUT2D eigenvalue weighted by Crippen LogP contribution is -2.31. The van der Waals surface area contributed by atoms with Gasteiger partial charge in [0.25, 0.3) is 0 Å². The number of imidazole rings is 2. The molecule has 2 heterocycles. The van der Waals surface area contributed by atoms with Gasteiger partial charge in [-0.1, -0.05) is 65.2 Å². The molecule has 0 aliphatic heterocycles. The van der Waals surface area contributed by atoms with Crippen LogP contribution in [0.3, 0.4) is 0 Å². The van der Waals surface area contributed by atoms with Gasteiger partial charge in [-0.05, 0) is 25.7 Å². The summed E-state index contributed by atoms with van der Waals surface area (Å²) in [5.74, 6) is 0. The van der Waals surface area contributed by atoms with E-state index in [0.717, 1.165) is 26.2 Å². The zero-order chi connectivity index (χ0) is 19.9. The second kappa shape index (κ2) is 14.4. The first kappa shape index (κ1) is 22.7. The van der Waals surface area contributed by atoms with E-state index >= 15 is 0 Å². The third kappa shape index (κ3) is 9.57. The maximum absolute atomic E-state index is 2.34. The third-order valence-electron chi connectivity index (χ3n) is 5.65. The number of aryl methyl sites for hydroxylation is 4. The number of hydrogen-bond donors (Lipinski definition) is 0. The molecule has 0 atom stereocenters. The molecule has 0 aliphatic carbocycles. The number of hydrogen-bond acceptors (Lipinski definition) is 0. The molecule has 0 saturated carbocycles. The molecule has 0 spiro atoms. The van der Waals surface area contributed by atoms with Crippen molar-refractivity contribution in [1.29, 1.82) is 0 Å². The van der Waals surface area contributed by atoms with Crippen molar-refractivity contribution in [3.05, 3.63) is 37.4 Å². The predicted molar refractivity (Wildman–Crippen MR) is 116 cm³/mol. The van der Waals surface area contributed by atoms with Crippen LogP contribution in [-0.4, -0.2) is 9.13 Å². The molecular weight excluding hydrogens is 344 g/mol. The Morgan fingerprint density at radius 2 is 0.929 bits per heavy atom. The van der Waals surface area contributed by atoms with Gasteiger partial charge in [0, 0.05) is 0 Å². The van der Waals surface area contributed by atoms with Crippen molar-refractivity contribution in [2.24, 2.45) is 0 Å². The van der Waals surface area contributed by atoms with Crippen molar-refractivity contribution in [3.63, 3.8) is 0 Å². The Kier molecular flexibility index (Phi) is 11.7. The first-order valence-corrected chi connectivity index (χ1v) is 11.9. The lowest BCUT2D eigenvalue weighted by Gasteiger charge is -1.99. The maximum Gasteiger partial charge on any atom is 0.243 e. The minimum absolute atomic E-state index is 1.04. The summed E-state index contributed by atoms with van der Waals surface area (Å²) in [7, 11) is 0. The molecule has 0 radical (unpaired) electrons. The van der Waals surface area contributed by atoms with Gasteiger partial charge in [-0.3, -0.25) is 0 Å². The summed E-state index contributed by atoms with van der Waals surface area (Å²) in [5, 5.41) is 0. The lowest BCUT2D eigenvalue weighted by molar-refractivity contribution is -0.697. The standard InChI is InChI=1S/C24H44N4/c1-3-5-7-9-11-13-15-25-17-19-27(23-25)21-22-28-20-18-26(24-28)16-14-12-10-8-6-4-2/h17-20,23-24H,3-16,21-22H2,1-2H3/q+2. The van der Waals surface area contributed by atoms with Crippen molar-refractivity contribution in [2.45, 2.75) is 117 Å². The maximum atomic E-state index is 2.34. The molecule has 158 valence electrons. The van der Waals surface area contributed by atoms with Gasteiger partial charge in [0.2, 0.25) is 12.7 Å². The van der Waals surface area contributed by atoms with E-state index < -0.39 is 0 Å². The van der Waals surface area contributed by atoms with Crippen LogP contribution in [0.25, 0.3) is 0 Å². The van der Waals surface area contributed by atoms with E-state index in [0.29, 0.717) is 0 Å². The molecule has 2 aromatic rings. The fraction of sp³-hybridized carbons (Fsp3) is 0.750. The molecular formula is C24H44N4+2. The highest BCUT2D eigenvalue weighted by atomic mass is 15.2. The molecule has 0 fully saturated rings. The number of aromatic nitrogens is 4. The molecule has 0 unspecified atom stereocenters. The number of nitrogens with zero attached hydrogens (tertiary/aromatic N) is 4. The highest BCUT2D eigenvalue weighted by Crippen LogP contribution is 2.05. The smallest absolute Gasteiger partial charge is 0.237 e. The van der Waals surface area contributed by atoms with Crippen molar-refractivity contribution in [3.8, 4) is 0 Å². The normalized spacial score (nSPS) is 11.4. The van der Waals surface area contributed by atoms with Gasteiger partial charge < -0.3 is 0 Å². The molecule has 0 aromatic carbocycles. The molecule has 2 rings (SSSR count). The molecule has 0 amide bonds. The highest BCUT2D eigenvalue weighted by Gasteiger charge is 2.07. The molecule has 2 aromatic heterocycles. The van der Waals surface area contributed by atoms with E-state index in [1.165, 1.54) is 77.0 Å². The topological polar surface area (TPSA) is 17.6 Å². The van der Waals surface area contributed by atoms with Gasteiger partial charge in [-0.25, -0.2) is 18.3 Å². The Morgan fingerprint density at radius 1 is 0.536 bits per heavy atom. The van der Waals surface area contributed by atoms with Crippen molar-refractivity contribution >= 4 is 0 Å². The van der Waals surface area contributed by atoms with Crippen molar-refractivity contribution in [1.82, 2.24) is 9.13 Å². The first-order valence-electron chi connectivity index (χ1n) is 11.9. The first-order chi connectivity index (χ1) is 13.8. The van der Waals surface area contributed by atoms with Gasteiger partial charge in [-0.15, -0.1) is 0 Å². The summed E-state index contributed by atoms with van der Waals surface area (Å²) in [6.45, 7) is 8.94. The van der Waals surface area contributed by atoms with Gasteiger partial charge in [0.1, 0.15) is 37.9 Å². The van der Waals surface area contributed by atoms with E-state index in [2.05, 4.69) is 69.6 Å². The van der Waals surface area contributed by atoms with Crippen molar-refractivity contribution < 1.29 is 9.13 Å². The fourth-order valence-electron chi connectivity index (χ4n) is 3.79. The Labute approximate surface area is 173 Å². The second-order valence-electron chi connectivity index (χ2n) is 8.31. The fourth-order valence-corrected chi connectivity index (χ4v) is 3.79. The summed E-state index contributed by atoms with van der Waals surface area (Å²) in [4.78, 5) is 0. The van der Waals surface area contributed by atoms with E-state index in [1.807, 2.05) is 0 Å². The average Bonchev–Trinajstić information content (AvgIpc) is 3.35. The summed E-state index contributed by atoms with van der Waals surface area (Å²) in [6.07, 6.45) is 29.7. The molecule has 0 saturated heterocycles. The summed E-state index contributed by atoms with van der Waals surface area (Å²) in [6, 6.07) is 0. The zero-order valence-corrected chi connectivity index (χ0v) is 18.6. The SMILES string of the molecule is CCCCCCCC[n+]1ccn(CCn2cc[n+](CCCCCCCC)c2)c1. The van der Waals surface area contributed by atoms with Crippen LogP contribution in [0, 0.1) is 0 Å². The minimum atomic E-state index is 1.04. The van der Waals surface area contributed by atoms with Gasteiger partial charge in [0.15, 0.2) is 0 Å². The molecule has 4 heteroatoms. The Hall–Kier alpha value is -1.58. The summed E-state index contributed by atoms with van der Waals surface area (Å²) in [5.41, 5.74) is 0. The van der Waals surface area contributed by atoms with Gasteiger partial charge >= 0.3 is 0 Å². The average molecular weight is 389 g/mol. The molecule has 0 aliphatic rings. The van der Waals surface area contributed by atoms with Crippen LogP contribution in [0.1, 0.15) is 90.9 Å². The lowest BCUT2D eigenvalue weighted by atomic mass is 10.1. The van der Waals surface area contributed by atoms with E-state index in [9.17, 15) is 0 Å². The van der Waals surface area contributed by atoms with E-state index in [4.69, 9.17) is 0 Å². The Bertz CT molecular complexity index is 559. The Morgan fingerprint density at radius 3 is 1.36 bits per heavy atom. The van der Waals surface area contributed by atoms with Crippen LogP contribution < -0.4 is 9.13 Å². The molecule has 0 bridgehead atoms. The second-order valence-corrected chi connectivity index (χ2v) is 8.31. The highest BCUT2D eigenvalue weighted by molar-refractivity contribution is 4.70. The molecule has 28 heavy (non-hydrogen) atoms. The van der Waals surface area contributed by atoms with Crippen LogP contribution in [0.5, 0.6) is 0 Å². The minimum Gasteiger partial charge on any atom is -0.237 e. The van der Waals surface area contributed by atoms with Crippen molar-refractivity contribution in [2.75, 3.05) is 0 Å².